The highest BCUT2D eigenvalue weighted by Crippen LogP contribution is 2.63. The third kappa shape index (κ3) is 5.58. The first-order valence-corrected chi connectivity index (χ1v) is 20.2. The molecular formula is C54H39N5. The molecule has 1 unspecified atom stereocenters. The van der Waals surface area contributed by atoms with E-state index in [-0.39, 0.29) is 5.92 Å². The second-order valence-corrected chi connectivity index (χ2v) is 15.4. The van der Waals surface area contributed by atoms with Crippen LogP contribution in [-0.2, 0) is 5.41 Å². The Hall–Kier alpha value is -7.63. The molecule has 0 saturated heterocycles. The Morgan fingerprint density at radius 3 is 1.95 bits per heavy atom. The zero-order valence-electron chi connectivity index (χ0n) is 32.3. The van der Waals surface area contributed by atoms with Crippen LogP contribution < -0.4 is 10.6 Å². The Morgan fingerprint density at radius 1 is 0.576 bits per heavy atom. The zero-order valence-corrected chi connectivity index (χ0v) is 32.3. The van der Waals surface area contributed by atoms with Crippen molar-refractivity contribution in [3.05, 3.63) is 234 Å². The van der Waals surface area contributed by atoms with Crippen LogP contribution in [-0.4, -0.2) is 15.8 Å². The average Bonchev–Trinajstić information content (AvgIpc) is 3.60. The Balaban J connectivity index is 1.00. The molecule has 280 valence electrons. The molecule has 0 fully saturated rings. The molecule has 6 aromatic carbocycles. The number of aliphatic imine (C=N–C) groups is 1. The number of hydrogen-bond donors (Lipinski definition) is 1. The average molecular weight is 758 g/mol. The highest BCUT2D eigenvalue weighted by molar-refractivity contribution is 5.96. The Bertz CT molecular complexity index is 2940. The van der Waals surface area contributed by atoms with Crippen molar-refractivity contribution in [2.45, 2.75) is 11.8 Å². The van der Waals surface area contributed by atoms with Gasteiger partial charge < -0.3 is 10.6 Å². The molecule has 0 saturated carbocycles. The lowest BCUT2D eigenvalue weighted by Gasteiger charge is -2.45. The topological polar surface area (TPSA) is 67.4 Å². The molecule has 2 aromatic heterocycles. The number of benzene rings is 6. The van der Waals surface area contributed by atoms with Crippen molar-refractivity contribution in [2.75, 3.05) is 4.90 Å². The van der Waals surface area contributed by atoms with Crippen LogP contribution in [0.1, 0.15) is 34.2 Å². The molecule has 2 N–H and O–H groups in total. The molecule has 1 atom stereocenters. The Labute approximate surface area is 344 Å². The van der Waals surface area contributed by atoms with E-state index in [9.17, 15) is 0 Å². The fourth-order valence-electron chi connectivity index (χ4n) is 9.48. The number of para-hydroxylation sites is 3. The lowest BCUT2D eigenvalue weighted by atomic mass is 9.64. The molecule has 2 aliphatic carbocycles. The van der Waals surface area contributed by atoms with Gasteiger partial charge in [0.25, 0.3) is 0 Å². The van der Waals surface area contributed by atoms with E-state index >= 15 is 0 Å². The summed E-state index contributed by atoms with van der Waals surface area (Å²) in [7, 11) is 0. The van der Waals surface area contributed by atoms with Gasteiger partial charge in [-0.2, -0.15) is 0 Å². The number of hydrogen-bond acceptors (Lipinski definition) is 4. The van der Waals surface area contributed by atoms with E-state index in [0.29, 0.717) is 18.1 Å². The number of pyridine rings is 2. The van der Waals surface area contributed by atoms with Crippen LogP contribution in [0.3, 0.4) is 0 Å². The Kier molecular flexibility index (Phi) is 8.26. The minimum absolute atomic E-state index is 0.106. The van der Waals surface area contributed by atoms with Gasteiger partial charge in [0.2, 0.25) is 0 Å². The van der Waals surface area contributed by atoms with Crippen LogP contribution in [0.2, 0.25) is 0 Å². The molecule has 5 heteroatoms. The lowest BCUT2D eigenvalue weighted by molar-refractivity contribution is 0.750. The fraction of sp³-hybridized carbons (Fsp3) is 0.0556. The Morgan fingerprint density at radius 2 is 1.22 bits per heavy atom. The number of anilines is 3. The van der Waals surface area contributed by atoms with E-state index in [4.69, 9.17) is 20.7 Å². The van der Waals surface area contributed by atoms with Crippen molar-refractivity contribution < 1.29 is 0 Å². The quantitative estimate of drug-likeness (QED) is 0.135. The molecule has 1 spiro atoms. The van der Waals surface area contributed by atoms with Gasteiger partial charge in [-0.15, -0.1) is 0 Å². The third-order valence-electron chi connectivity index (χ3n) is 12.1. The SMILES string of the molecule is N/C(=N\c1ncc(-c2ccccc2)cc1-c1ccccc1)C1C=CC=C(c2ccc3c(c2)C2(c4ccccc4N(c4ccccc4)c4ccccc42)c2cccnc2-3)C1. The summed E-state index contributed by atoms with van der Waals surface area (Å²) in [6.07, 6.45) is 11.0. The molecule has 59 heavy (non-hydrogen) atoms. The molecule has 0 bridgehead atoms. The standard InChI is InChI=1S/C54H39N5/c55-52(58-53-44(37-18-6-2-7-19-37)33-41(35-57-53)36-16-4-1-5-17-36)40-21-14-20-38(32-40)39-29-30-43-48(34-39)54(47-26-15-31-56-51(43)47)45-24-10-12-27-49(45)59(42-22-8-3-9-23-42)50-28-13-11-25-46(50)54/h1-31,33-35,40H,32H2,(H2,55,57,58). The monoisotopic (exact) mass is 757 g/mol. The number of amidine groups is 1. The van der Waals surface area contributed by atoms with Gasteiger partial charge in [0.15, 0.2) is 5.82 Å². The summed E-state index contributed by atoms with van der Waals surface area (Å²) in [6.45, 7) is 0. The molecule has 8 aromatic rings. The summed E-state index contributed by atoms with van der Waals surface area (Å²) in [6, 6.07) is 62.5. The van der Waals surface area contributed by atoms with Crippen LogP contribution in [0.4, 0.5) is 22.9 Å². The summed E-state index contributed by atoms with van der Waals surface area (Å²) >= 11 is 0. The van der Waals surface area contributed by atoms with E-state index in [1.54, 1.807) is 0 Å². The normalized spacial score (nSPS) is 15.9. The number of rotatable bonds is 6. The second-order valence-electron chi connectivity index (χ2n) is 15.4. The van der Waals surface area contributed by atoms with E-state index in [2.05, 4.69) is 163 Å². The summed E-state index contributed by atoms with van der Waals surface area (Å²) < 4.78 is 0. The van der Waals surface area contributed by atoms with Crippen LogP contribution in [0.25, 0.3) is 39.1 Å². The lowest BCUT2D eigenvalue weighted by Crippen LogP contribution is -2.36. The number of aromatic nitrogens is 2. The maximum atomic E-state index is 6.96. The number of nitrogens with zero attached hydrogens (tertiary/aromatic N) is 4. The maximum Gasteiger partial charge on any atom is 0.161 e. The first-order valence-electron chi connectivity index (χ1n) is 20.2. The molecular weight excluding hydrogens is 719 g/mol. The maximum absolute atomic E-state index is 6.96. The molecule has 5 nitrogen and oxygen atoms in total. The second kappa shape index (κ2) is 14.1. The molecule has 1 aliphatic heterocycles. The molecule has 3 aliphatic rings. The smallest absolute Gasteiger partial charge is 0.161 e. The van der Waals surface area contributed by atoms with Crippen LogP contribution in [0.15, 0.2) is 212 Å². The number of nitrogens with two attached hydrogens (primary N) is 1. The van der Waals surface area contributed by atoms with E-state index in [0.717, 1.165) is 56.1 Å². The third-order valence-corrected chi connectivity index (χ3v) is 12.1. The van der Waals surface area contributed by atoms with Crippen molar-refractivity contribution in [2.24, 2.45) is 16.6 Å². The summed E-state index contributed by atoms with van der Waals surface area (Å²) in [5, 5.41) is 0. The highest BCUT2D eigenvalue weighted by Gasteiger charge is 2.52. The molecule has 0 amide bonds. The predicted molar refractivity (Wildman–Crippen MR) is 241 cm³/mol. The first kappa shape index (κ1) is 34.6. The summed E-state index contributed by atoms with van der Waals surface area (Å²) in [5.74, 6) is 1.04. The summed E-state index contributed by atoms with van der Waals surface area (Å²) in [4.78, 5) is 17.4. The molecule has 11 rings (SSSR count). The number of allylic oxidation sites excluding steroid dienone is 3. The van der Waals surface area contributed by atoms with E-state index in [1.807, 2.05) is 48.8 Å². The van der Waals surface area contributed by atoms with Gasteiger partial charge in [0.1, 0.15) is 5.84 Å². The number of fused-ring (bicyclic) bond motifs is 9. The minimum Gasteiger partial charge on any atom is -0.387 e. The predicted octanol–water partition coefficient (Wildman–Crippen LogP) is 12.6. The van der Waals surface area contributed by atoms with Crippen molar-refractivity contribution >= 4 is 34.3 Å². The van der Waals surface area contributed by atoms with E-state index < -0.39 is 5.41 Å². The van der Waals surface area contributed by atoms with Gasteiger partial charge in [0.05, 0.1) is 22.5 Å². The van der Waals surface area contributed by atoms with Gasteiger partial charge in [0, 0.05) is 40.7 Å². The van der Waals surface area contributed by atoms with Crippen LogP contribution in [0.5, 0.6) is 0 Å². The highest BCUT2D eigenvalue weighted by atomic mass is 15.2. The minimum atomic E-state index is -0.580. The molecule has 3 heterocycles. The fourth-order valence-corrected chi connectivity index (χ4v) is 9.48. The summed E-state index contributed by atoms with van der Waals surface area (Å²) in [5.41, 5.74) is 23.4. The van der Waals surface area contributed by atoms with Crippen molar-refractivity contribution in [3.63, 3.8) is 0 Å². The van der Waals surface area contributed by atoms with Crippen molar-refractivity contribution in [1.29, 1.82) is 0 Å². The van der Waals surface area contributed by atoms with E-state index in [1.165, 1.54) is 27.8 Å². The van der Waals surface area contributed by atoms with Crippen molar-refractivity contribution in [3.8, 4) is 33.5 Å². The zero-order chi connectivity index (χ0) is 39.3. The van der Waals surface area contributed by atoms with Gasteiger partial charge in [-0.05, 0) is 93.4 Å². The largest absolute Gasteiger partial charge is 0.387 e. The van der Waals surface area contributed by atoms with Gasteiger partial charge in [-0.1, -0.05) is 152 Å². The van der Waals surface area contributed by atoms with Gasteiger partial charge >= 0.3 is 0 Å². The van der Waals surface area contributed by atoms with Crippen LogP contribution in [0, 0.1) is 5.92 Å². The van der Waals surface area contributed by atoms with Crippen molar-refractivity contribution in [1.82, 2.24) is 9.97 Å². The van der Waals surface area contributed by atoms with Gasteiger partial charge in [-0.3, -0.25) is 4.98 Å². The van der Waals surface area contributed by atoms with Crippen LogP contribution >= 0.6 is 0 Å². The molecule has 0 radical (unpaired) electrons. The first-order chi connectivity index (χ1) is 29.2. The van der Waals surface area contributed by atoms with Gasteiger partial charge in [-0.25, -0.2) is 9.98 Å².